The number of aliphatic hydroxyl groups is 4. The number of hydrogen-bond acceptors (Lipinski definition) is 7. The second-order valence-corrected chi connectivity index (χ2v) is 18.9. The fourth-order valence-electron chi connectivity index (χ4n) is 13.0. The summed E-state index contributed by atoms with van der Waals surface area (Å²) in [5, 5.41) is 50.3. The van der Waals surface area contributed by atoms with Gasteiger partial charge in [0.25, 0.3) is 0 Å². The van der Waals surface area contributed by atoms with Gasteiger partial charge in [0.15, 0.2) is 5.78 Å². The highest BCUT2D eigenvalue weighted by atomic mass is 16.6. The first-order valence-corrected chi connectivity index (χ1v) is 19.3. The van der Waals surface area contributed by atoms with Crippen LogP contribution in [0.5, 0.6) is 0 Å². The van der Waals surface area contributed by atoms with Crippen molar-refractivity contribution in [3.8, 4) is 0 Å². The molecule has 2 aliphatic heterocycles. The van der Waals surface area contributed by atoms with Crippen LogP contribution in [0.2, 0.25) is 0 Å². The predicted octanol–water partition coefficient (Wildman–Crippen LogP) is 3.72. The number of ether oxygens (including phenoxy) is 1. The summed E-state index contributed by atoms with van der Waals surface area (Å²) in [6.07, 6.45) is 14.2. The highest BCUT2D eigenvalue weighted by Gasteiger charge is 2.73. The van der Waals surface area contributed by atoms with E-state index in [1.807, 2.05) is 13.8 Å². The number of ketones is 1. The molecule has 7 aliphatic rings. The smallest absolute Gasteiger partial charge is 0.159 e. The molecular weight excluding hydrogens is 592 g/mol. The van der Waals surface area contributed by atoms with Gasteiger partial charge in [-0.3, -0.25) is 10.5 Å². The van der Waals surface area contributed by atoms with E-state index in [0.29, 0.717) is 31.1 Å². The van der Waals surface area contributed by atoms with Crippen LogP contribution in [0.15, 0.2) is 11.6 Å². The summed E-state index contributed by atoms with van der Waals surface area (Å²) < 4.78 is 6.30. The molecule has 7 rings (SSSR count). The molecule has 0 aromatic carbocycles. The van der Waals surface area contributed by atoms with Crippen LogP contribution in [-0.2, 0) is 9.53 Å². The number of fused-ring (bicyclic) bond motifs is 5. The Hall–Kier alpha value is -0.870. The number of hydrogen-bond donors (Lipinski definition) is 6. The molecule has 4 saturated carbocycles. The number of quaternary nitrogens is 1. The maximum atomic E-state index is 14.0. The van der Waals surface area contributed by atoms with Gasteiger partial charge in [0.05, 0.1) is 29.5 Å². The van der Waals surface area contributed by atoms with Gasteiger partial charge in [0, 0.05) is 17.8 Å². The molecule has 6 fully saturated rings. The average Bonchev–Trinajstić information content (AvgIpc) is 3.56. The molecule has 5 aliphatic carbocycles. The lowest BCUT2D eigenvalue weighted by Crippen LogP contribution is -2.94. The Morgan fingerprint density at radius 1 is 0.957 bits per heavy atom. The Kier molecular flexibility index (Phi) is 8.52. The zero-order valence-electron chi connectivity index (χ0n) is 29.8. The first kappa shape index (κ1) is 34.6. The van der Waals surface area contributed by atoms with E-state index in [4.69, 9.17) is 10.5 Å². The van der Waals surface area contributed by atoms with Gasteiger partial charge in [-0.2, -0.15) is 0 Å². The molecule has 0 amide bonds. The van der Waals surface area contributed by atoms with E-state index in [1.165, 1.54) is 12.8 Å². The number of epoxide rings is 1. The van der Waals surface area contributed by atoms with Crippen LogP contribution < -0.4 is 11.1 Å². The number of rotatable bonds is 8. The SMILES string of the molecule is CC(C)(CCC1CC[NH2+]C(N)C1)[C@@](C)(O)[C@H]1O[C@H]1[C@](C)(O)[C@H]1CC[C@@]2(O)C3=CC(=O)[C@H]4C[C@@H](O)CC[C@]4(C4CCCC4)[C@@H]3CC[C@]12C. The summed E-state index contributed by atoms with van der Waals surface area (Å²) in [4.78, 5) is 14.0. The lowest BCUT2D eigenvalue weighted by atomic mass is 9.42. The van der Waals surface area contributed by atoms with Crippen molar-refractivity contribution in [2.45, 2.75) is 172 Å². The zero-order valence-corrected chi connectivity index (χ0v) is 29.8. The van der Waals surface area contributed by atoms with Gasteiger partial charge in [0.2, 0.25) is 0 Å². The van der Waals surface area contributed by atoms with Crippen molar-refractivity contribution in [3.63, 3.8) is 0 Å². The number of allylic oxidation sites excluding steroid dienone is 1. The van der Waals surface area contributed by atoms with E-state index in [0.717, 1.165) is 76.3 Å². The first-order valence-electron chi connectivity index (χ1n) is 19.3. The van der Waals surface area contributed by atoms with Gasteiger partial charge >= 0.3 is 0 Å². The molecule has 0 spiro atoms. The minimum absolute atomic E-state index is 0.104. The van der Waals surface area contributed by atoms with Crippen LogP contribution in [0, 0.1) is 45.8 Å². The molecule has 2 unspecified atom stereocenters. The summed E-state index contributed by atoms with van der Waals surface area (Å²) in [5.74, 6) is 0.885. The largest absolute Gasteiger partial charge is 0.393 e. The van der Waals surface area contributed by atoms with E-state index >= 15 is 0 Å². The standard InChI is InChI=1S/C39H64N2O6/c1-34(2,15-10-23-14-19-41-31(40)20-23)37(5,45)33-32(47-33)36(4,44)30-13-18-39(46)27-22-29(43)28-21-25(42)11-17-38(28,24-8-6-7-9-24)26(27)12-16-35(30,39)3/h22-26,28,30-33,41-42,44-46H,6-21,40H2,1-5H3/p+1/t23?,25-,26+,28+,30-,31?,32+,33-,35+,36+,37-,38-,39+/m0/s1. The fraction of sp³-hybridized carbons (Fsp3) is 0.923. The summed E-state index contributed by atoms with van der Waals surface area (Å²) >= 11 is 0. The first-order chi connectivity index (χ1) is 22.0. The van der Waals surface area contributed by atoms with Crippen molar-refractivity contribution in [1.29, 1.82) is 0 Å². The molecule has 2 heterocycles. The number of carbonyl (C=O) groups is 1. The molecule has 0 aromatic heterocycles. The van der Waals surface area contributed by atoms with Crippen LogP contribution in [0.1, 0.15) is 131 Å². The number of carbonyl (C=O) groups excluding carboxylic acids is 1. The molecule has 0 radical (unpaired) electrons. The highest BCUT2D eigenvalue weighted by Crippen LogP contribution is 2.71. The van der Waals surface area contributed by atoms with Crippen molar-refractivity contribution in [3.05, 3.63) is 11.6 Å². The molecule has 8 N–H and O–H groups in total. The average molecular weight is 658 g/mol. The molecule has 0 bridgehead atoms. The maximum absolute atomic E-state index is 14.0. The van der Waals surface area contributed by atoms with Crippen LogP contribution in [0.4, 0.5) is 0 Å². The quantitative estimate of drug-likeness (QED) is 0.218. The van der Waals surface area contributed by atoms with Gasteiger partial charge in [-0.25, -0.2) is 0 Å². The third-order valence-electron chi connectivity index (χ3n) is 16.3. The minimum Gasteiger partial charge on any atom is -0.393 e. The lowest BCUT2D eigenvalue weighted by molar-refractivity contribution is -0.699. The van der Waals surface area contributed by atoms with Crippen molar-refractivity contribution in [2.24, 2.45) is 51.6 Å². The van der Waals surface area contributed by atoms with Crippen molar-refractivity contribution < 1.29 is 35.3 Å². The summed E-state index contributed by atoms with van der Waals surface area (Å²) in [6.45, 7) is 11.2. The van der Waals surface area contributed by atoms with Gasteiger partial charge < -0.3 is 30.5 Å². The van der Waals surface area contributed by atoms with Gasteiger partial charge in [-0.05, 0) is 137 Å². The van der Waals surface area contributed by atoms with Crippen LogP contribution >= 0.6 is 0 Å². The molecule has 8 heteroatoms. The second-order valence-electron chi connectivity index (χ2n) is 18.9. The van der Waals surface area contributed by atoms with Crippen LogP contribution in [-0.4, -0.2) is 74.0 Å². The Balaban J connectivity index is 1.11. The molecule has 47 heavy (non-hydrogen) atoms. The minimum atomic E-state index is -1.25. The Morgan fingerprint density at radius 2 is 1.68 bits per heavy atom. The van der Waals surface area contributed by atoms with E-state index in [1.54, 1.807) is 6.08 Å². The second kappa shape index (κ2) is 11.6. The van der Waals surface area contributed by atoms with E-state index in [2.05, 4.69) is 26.1 Å². The van der Waals surface area contributed by atoms with E-state index in [9.17, 15) is 25.2 Å². The molecule has 2 saturated heterocycles. The zero-order chi connectivity index (χ0) is 33.8. The van der Waals surface area contributed by atoms with E-state index in [-0.39, 0.29) is 35.1 Å². The van der Waals surface area contributed by atoms with Gasteiger partial charge in [-0.1, -0.05) is 33.6 Å². The van der Waals surface area contributed by atoms with Crippen molar-refractivity contribution in [1.82, 2.24) is 0 Å². The Bertz CT molecular complexity index is 1260. The van der Waals surface area contributed by atoms with Gasteiger partial charge in [-0.15, -0.1) is 0 Å². The lowest BCUT2D eigenvalue weighted by Gasteiger charge is -2.62. The summed E-state index contributed by atoms with van der Waals surface area (Å²) in [7, 11) is 0. The molecule has 0 aromatic rings. The van der Waals surface area contributed by atoms with Gasteiger partial charge in [0.1, 0.15) is 18.4 Å². The third kappa shape index (κ3) is 5.11. The van der Waals surface area contributed by atoms with E-state index < -0.39 is 45.9 Å². The summed E-state index contributed by atoms with van der Waals surface area (Å²) in [5.41, 5.74) is 2.37. The number of aliphatic hydroxyl groups excluding tert-OH is 1. The molecule has 13 atom stereocenters. The molecule has 8 nitrogen and oxygen atoms in total. The Morgan fingerprint density at radius 3 is 2.38 bits per heavy atom. The van der Waals surface area contributed by atoms with Crippen LogP contribution in [0.25, 0.3) is 0 Å². The van der Waals surface area contributed by atoms with Crippen molar-refractivity contribution in [2.75, 3.05) is 6.54 Å². The monoisotopic (exact) mass is 657 g/mol. The summed E-state index contributed by atoms with van der Waals surface area (Å²) in [6, 6.07) is 0. The molecule has 266 valence electrons. The fourth-order valence-corrected chi connectivity index (χ4v) is 13.0. The predicted molar refractivity (Wildman–Crippen MR) is 180 cm³/mol. The number of piperidine rings is 1. The van der Waals surface area contributed by atoms with Crippen molar-refractivity contribution >= 4 is 5.78 Å². The Labute approximate surface area is 282 Å². The normalized spacial score (nSPS) is 48.1. The highest BCUT2D eigenvalue weighted by molar-refractivity contribution is 5.95. The third-order valence-corrected chi connectivity index (χ3v) is 16.3. The maximum Gasteiger partial charge on any atom is 0.159 e. The number of nitrogens with two attached hydrogens (primary N) is 2. The topological polar surface area (TPSA) is 153 Å². The van der Waals surface area contributed by atoms with Crippen LogP contribution in [0.3, 0.4) is 0 Å². The molecular formula is C39H65N2O6+.